The van der Waals surface area contributed by atoms with Gasteiger partial charge in [-0.1, -0.05) is 0 Å². The summed E-state index contributed by atoms with van der Waals surface area (Å²) in [6, 6.07) is 5.82. The number of anilines is 1. The minimum atomic E-state index is -0.329. The largest absolute Gasteiger partial charge is 0.371 e. The molecule has 1 heterocycles. The van der Waals surface area contributed by atoms with Gasteiger partial charge in [-0.2, -0.15) is 0 Å². The standard InChI is InChI=1S/C16H23N3O2/c1-12-10-15(19(20)21)4-5-16(12)18-8-6-14(7-9-18)17-11-13-2-3-13/h4-5,10,13-14,17H,2-3,6-9,11H2,1H3. The predicted molar refractivity (Wildman–Crippen MR) is 83.8 cm³/mol. The van der Waals surface area contributed by atoms with Gasteiger partial charge in [0.15, 0.2) is 0 Å². The summed E-state index contributed by atoms with van der Waals surface area (Å²) < 4.78 is 0. The first kappa shape index (κ1) is 14.3. The molecule has 0 aromatic heterocycles. The van der Waals surface area contributed by atoms with E-state index in [1.54, 1.807) is 12.1 Å². The van der Waals surface area contributed by atoms with E-state index in [9.17, 15) is 10.1 Å². The summed E-state index contributed by atoms with van der Waals surface area (Å²) in [6.07, 6.45) is 5.11. The topological polar surface area (TPSA) is 58.4 Å². The van der Waals surface area contributed by atoms with Gasteiger partial charge in [0.1, 0.15) is 0 Å². The summed E-state index contributed by atoms with van der Waals surface area (Å²) in [6.45, 7) is 5.20. The summed E-state index contributed by atoms with van der Waals surface area (Å²) in [7, 11) is 0. The van der Waals surface area contributed by atoms with Crippen LogP contribution in [0.1, 0.15) is 31.2 Å². The normalized spacial score (nSPS) is 19.8. The maximum Gasteiger partial charge on any atom is 0.269 e. The summed E-state index contributed by atoms with van der Waals surface area (Å²) in [5.74, 6) is 0.931. The van der Waals surface area contributed by atoms with Crippen LogP contribution < -0.4 is 10.2 Å². The van der Waals surface area contributed by atoms with Crippen LogP contribution in [0.2, 0.25) is 0 Å². The number of non-ortho nitro benzene ring substituents is 1. The van der Waals surface area contributed by atoms with Gasteiger partial charge in [0.05, 0.1) is 4.92 Å². The molecule has 1 N–H and O–H groups in total. The fourth-order valence-electron chi connectivity index (χ4n) is 3.09. The third-order valence-electron chi connectivity index (χ3n) is 4.62. The molecule has 1 aromatic rings. The molecule has 114 valence electrons. The highest BCUT2D eigenvalue weighted by Crippen LogP contribution is 2.29. The Hall–Kier alpha value is -1.62. The summed E-state index contributed by atoms with van der Waals surface area (Å²) in [5.41, 5.74) is 2.31. The Morgan fingerprint density at radius 2 is 2.00 bits per heavy atom. The van der Waals surface area contributed by atoms with E-state index in [4.69, 9.17) is 0 Å². The van der Waals surface area contributed by atoms with Crippen LogP contribution in [-0.4, -0.2) is 30.6 Å². The molecule has 0 spiro atoms. The minimum Gasteiger partial charge on any atom is -0.371 e. The zero-order chi connectivity index (χ0) is 14.8. The highest BCUT2D eigenvalue weighted by molar-refractivity contribution is 5.57. The Balaban J connectivity index is 1.57. The number of benzene rings is 1. The molecule has 1 aliphatic heterocycles. The number of rotatable bonds is 5. The van der Waals surface area contributed by atoms with Crippen molar-refractivity contribution in [3.63, 3.8) is 0 Å². The molecule has 0 amide bonds. The molecule has 1 aromatic carbocycles. The van der Waals surface area contributed by atoms with Crippen molar-refractivity contribution >= 4 is 11.4 Å². The van der Waals surface area contributed by atoms with Crippen molar-refractivity contribution in [2.75, 3.05) is 24.5 Å². The molecule has 1 aliphatic carbocycles. The van der Waals surface area contributed by atoms with E-state index in [0.717, 1.165) is 43.1 Å². The van der Waals surface area contributed by atoms with Crippen molar-refractivity contribution in [2.24, 2.45) is 5.92 Å². The van der Waals surface area contributed by atoms with Crippen LogP contribution in [0, 0.1) is 23.0 Å². The fourth-order valence-corrected chi connectivity index (χ4v) is 3.09. The Morgan fingerprint density at radius 1 is 1.29 bits per heavy atom. The number of nitrogens with one attached hydrogen (secondary N) is 1. The number of hydrogen-bond donors (Lipinski definition) is 1. The summed E-state index contributed by atoms with van der Waals surface area (Å²) in [5, 5.41) is 14.5. The van der Waals surface area contributed by atoms with Crippen molar-refractivity contribution in [3.05, 3.63) is 33.9 Å². The van der Waals surface area contributed by atoms with Crippen molar-refractivity contribution in [2.45, 2.75) is 38.6 Å². The van der Waals surface area contributed by atoms with Gasteiger partial charge in [0.25, 0.3) is 5.69 Å². The van der Waals surface area contributed by atoms with E-state index in [-0.39, 0.29) is 10.6 Å². The van der Waals surface area contributed by atoms with Gasteiger partial charge in [0, 0.05) is 37.0 Å². The maximum absolute atomic E-state index is 10.8. The molecule has 1 saturated heterocycles. The Labute approximate surface area is 125 Å². The lowest BCUT2D eigenvalue weighted by atomic mass is 10.0. The first-order valence-corrected chi connectivity index (χ1v) is 7.87. The average Bonchev–Trinajstić information content (AvgIpc) is 3.30. The maximum atomic E-state index is 10.8. The number of nitro benzene ring substituents is 1. The monoisotopic (exact) mass is 289 g/mol. The lowest BCUT2D eigenvalue weighted by molar-refractivity contribution is -0.384. The Bertz CT molecular complexity index is 520. The predicted octanol–water partition coefficient (Wildman–Crippen LogP) is 2.87. The Kier molecular flexibility index (Phi) is 4.10. The molecule has 1 saturated carbocycles. The van der Waals surface area contributed by atoms with E-state index < -0.39 is 0 Å². The summed E-state index contributed by atoms with van der Waals surface area (Å²) >= 11 is 0. The van der Waals surface area contributed by atoms with Gasteiger partial charge in [-0.15, -0.1) is 0 Å². The molecule has 5 heteroatoms. The first-order valence-electron chi connectivity index (χ1n) is 7.87. The molecule has 5 nitrogen and oxygen atoms in total. The smallest absolute Gasteiger partial charge is 0.269 e. The van der Waals surface area contributed by atoms with Gasteiger partial charge in [-0.05, 0) is 56.7 Å². The van der Waals surface area contributed by atoms with Crippen LogP contribution in [0.5, 0.6) is 0 Å². The molecule has 21 heavy (non-hydrogen) atoms. The van der Waals surface area contributed by atoms with E-state index in [2.05, 4.69) is 10.2 Å². The number of aryl methyl sites for hydroxylation is 1. The van der Waals surface area contributed by atoms with Crippen LogP contribution in [0.3, 0.4) is 0 Å². The van der Waals surface area contributed by atoms with E-state index in [1.165, 1.54) is 19.4 Å². The second kappa shape index (κ2) is 6.02. The quantitative estimate of drug-likeness (QED) is 0.669. The van der Waals surface area contributed by atoms with E-state index in [1.807, 2.05) is 13.0 Å². The molecule has 0 radical (unpaired) electrons. The lowest BCUT2D eigenvalue weighted by Gasteiger charge is -2.35. The van der Waals surface area contributed by atoms with E-state index in [0.29, 0.717) is 6.04 Å². The second-order valence-electron chi connectivity index (χ2n) is 6.34. The van der Waals surface area contributed by atoms with Crippen molar-refractivity contribution in [1.82, 2.24) is 5.32 Å². The number of piperidine rings is 1. The van der Waals surface area contributed by atoms with E-state index >= 15 is 0 Å². The zero-order valence-corrected chi connectivity index (χ0v) is 12.5. The molecule has 2 fully saturated rings. The SMILES string of the molecule is Cc1cc([N+](=O)[O-])ccc1N1CCC(NCC2CC2)CC1. The minimum absolute atomic E-state index is 0.178. The number of nitro groups is 1. The highest BCUT2D eigenvalue weighted by atomic mass is 16.6. The van der Waals surface area contributed by atoms with Gasteiger partial charge in [-0.25, -0.2) is 0 Å². The number of hydrogen-bond acceptors (Lipinski definition) is 4. The second-order valence-corrected chi connectivity index (χ2v) is 6.34. The molecular formula is C16H23N3O2. The van der Waals surface area contributed by atoms with Crippen LogP contribution in [0.25, 0.3) is 0 Å². The van der Waals surface area contributed by atoms with Crippen molar-refractivity contribution in [3.8, 4) is 0 Å². The molecule has 0 unspecified atom stereocenters. The molecule has 2 aliphatic rings. The molecule has 0 atom stereocenters. The van der Waals surface area contributed by atoms with Gasteiger partial charge in [0.2, 0.25) is 0 Å². The first-order chi connectivity index (χ1) is 10.1. The van der Waals surface area contributed by atoms with Gasteiger partial charge >= 0.3 is 0 Å². The molecule has 3 rings (SSSR count). The fraction of sp³-hybridized carbons (Fsp3) is 0.625. The zero-order valence-electron chi connectivity index (χ0n) is 12.5. The third-order valence-corrected chi connectivity index (χ3v) is 4.62. The average molecular weight is 289 g/mol. The van der Waals surface area contributed by atoms with Gasteiger partial charge in [-0.3, -0.25) is 10.1 Å². The van der Waals surface area contributed by atoms with Crippen LogP contribution >= 0.6 is 0 Å². The number of nitrogens with zero attached hydrogens (tertiary/aromatic N) is 2. The van der Waals surface area contributed by atoms with Crippen molar-refractivity contribution < 1.29 is 4.92 Å². The third kappa shape index (κ3) is 3.53. The van der Waals surface area contributed by atoms with Crippen LogP contribution in [0.15, 0.2) is 18.2 Å². The Morgan fingerprint density at radius 3 is 2.57 bits per heavy atom. The molecule has 0 bridgehead atoms. The highest BCUT2D eigenvalue weighted by Gasteiger charge is 2.25. The van der Waals surface area contributed by atoms with Crippen LogP contribution in [0.4, 0.5) is 11.4 Å². The van der Waals surface area contributed by atoms with Gasteiger partial charge < -0.3 is 10.2 Å². The van der Waals surface area contributed by atoms with Crippen LogP contribution in [-0.2, 0) is 0 Å². The summed E-state index contributed by atoms with van der Waals surface area (Å²) in [4.78, 5) is 12.8. The van der Waals surface area contributed by atoms with Crippen molar-refractivity contribution in [1.29, 1.82) is 0 Å². The lowest BCUT2D eigenvalue weighted by Crippen LogP contribution is -2.43. The molecular weight excluding hydrogens is 266 g/mol.